The summed E-state index contributed by atoms with van der Waals surface area (Å²) < 4.78 is 60.0. The summed E-state index contributed by atoms with van der Waals surface area (Å²) in [6.07, 6.45) is -16.4. The Balaban J connectivity index is 7.78. The Morgan fingerprint density at radius 2 is 0.946 bits per heavy atom. The van der Waals surface area contributed by atoms with E-state index < -0.39 is 84.2 Å². The Labute approximate surface area is 197 Å². The van der Waals surface area contributed by atoms with Crippen LogP contribution in [0.15, 0.2) is 0 Å². The van der Waals surface area contributed by atoms with E-state index in [1.54, 1.807) is 0 Å². The second-order valence-corrected chi connectivity index (χ2v) is 7.47. The minimum Gasteiger partial charge on any atom is -0.319 e. The fourth-order valence-corrected chi connectivity index (χ4v) is 2.76. The van der Waals surface area contributed by atoms with Crippen LogP contribution in [0.2, 0.25) is 0 Å². The van der Waals surface area contributed by atoms with Gasteiger partial charge in [0.15, 0.2) is 6.61 Å². The Morgan fingerprint density at radius 3 is 1.16 bits per heavy atom. The van der Waals surface area contributed by atoms with Crippen molar-refractivity contribution in [2.75, 3.05) is 6.61 Å². The molecule has 0 aromatic heterocycles. The van der Waals surface area contributed by atoms with Gasteiger partial charge < -0.3 is 10.2 Å². The standard InChI is InChI=1S/C11H14F4N6O16/c1-6(16(24)25,17(26)27)3-8(10(15,20(32)33)21(34)35,4-7(2,18(28)29)19(30)31)37-11(22,23)36-5-9(12,13)14/h22-23H,3-5H2,1-2H3. The SMILES string of the molecule is CC(CC(CC(C)([N+](=O)[O-])[N+](=O)[O-])(OC(O)(O)OCC(F)(F)F)C(F)([N+](=O)[O-])[N+](=O)[O-])([N+](=O)[O-])[N+](=O)[O-]. The van der Waals surface area contributed by atoms with Crippen LogP contribution in [0.4, 0.5) is 17.6 Å². The van der Waals surface area contributed by atoms with Gasteiger partial charge in [-0.1, -0.05) is 4.39 Å². The summed E-state index contributed by atoms with van der Waals surface area (Å²) in [4.78, 5) is 54.5. The highest BCUT2D eigenvalue weighted by Crippen LogP contribution is 2.47. The highest BCUT2D eigenvalue weighted by Gasteiger charge is 2.86. The molecular formula is C11H14F4N6O16. The van der Waals surface area contributed by atoms with E-state index >= 15 is 4.39 Å². The summed E-state index contributed by atoms with van der Waals surface area (Å²) in [5.74, 6) is -5.92. The monoisotopic (exact) mass is 562 g/mol. The van der Waals surface area contributed by atoms with Gasteiger partial charge in [0.1, 0.15) is 22.7 Å². The summed E-state index contributed by atoms with van der Waals surface area (Å²) in [6, 6.07) is 0. The van der Waals surface area contributed by atoms with Crippen molar-refractivity contribution in [3.8, 4) is 0 Å². The second-order valence-electron chi connectivity index (χ2n) is 7.47. The molecule has 0 atom stereocenters. The Morgan fingerprint density at radius 1 is 0.649 bits per heavy atom. The number of nitrogens with zero attached hydrogens (tertiary/aromatic N) is 6. The summed E-state index contributed by atoms with van der Waals surface area (Å²) in [5, 5.41) is 87.4. The van der Waals surface area contributed by atoms with Crippen LogP contribution in [-0.2, 0) is 9.47 Å². The molecule has 2 N–H and O–H groups in total. The molecule has 0 aromatic carbocycles. The number of nitro groups is 6. The molecule has 212 valence electrons. The third-order valence-corrected chi connectivity index (χ3v) is 4.63. The molecule has 0 aliphatic heterocycles. The van der Waals surface area contributed by atoms with Crippen molar-refractivity contribution in [3.05, 3.63) is 60.7 Å². The van der Waals surface area contributed by atoms with Gasteiger partial charge in [-0.3, -0.25) is 70.2 Å². The normalized spacial score (nSPS) is 13.6. The van der Waals surface area contributed by atoms with E-state index in [1.165, 1.54) is 0 Å². The molecule has 0 rings (SSSR count). The molecule has 0 saturated heterocycles. The molecule has 0 unspecified atom stereocenters. The van der Waals surface area contributed by atoms with Gasteiger partial charge in [-0.25, -0.2) is 0 Å². The maximum atomic E-state index is 15.6. The maximum absolute atomic E-state index is 15.6. The first kappa shape index (κ1) is 33.0. The lowest BCUT2D eigenvalue weighted by Gasteiger charge is -2.37. The van der Waals surface area contributed by atoms with E-state index in [2.05, 4.69) is 9.47 Å². The number of aliphatic hydroxyl groups is 2. The Bertz CT molecular complexity index is 905. The van der Waals surface area contributed by atoms with Crippen LogP contribution in [0, 0.1) is 60.7 Å². The molecule has 0 aromatic rings. The van der Waals surface area contributed by atoms with Crippen LogP contribution < -0.4 is 0 Å². The number of hydrogen-bond donors (Lipinski definition) is 2. The molecule has 0 radical (unpaired) electrons. The summed E-state index contributed by atoms with van der Waals surface area (Å²) in [7, 11) is 0. The van der Waals surface area contributed by atoms with Crippen LogP contribution in [0.5, 0.6) is 0 Å². The Kier molecular flexibility index (Phi) is 9.03. The molecule has 0 fully saturated rings. The first-order valence-corrected chi connectivity index (χ1v) is 8.65. The van der Waals surface area contributed by atoms with E-state index in [-0.39, 0.29) is 13.8 Å². The lowest BCUT2D eigenvalue weighted by atomic mass is 9.80. The van der Waals surface area contributed by atoms with Crippen LogP contribution in [0.25, 0.3) is 0 Å². The second kappa shape index (κ2) is 10.1. The molecule has 0 aliphatic carbocycles. The van der Waals surface area contributed by atoms with Crippen molar-refractivity contribution in [1.29, 1.82) is 0 Å². The van der Waals surface area contributed by atoms with Crippen LogP contribution in [-0.4, -0.2) is 81.5 Å². The van der Waals surface area contributed by atoms with Gasteiger partial charge in [-0.15, -0.1) is 0 Å². The van der Waals surface area contributed by atoms with Gasteiger partial charge in [0.05, 0.1) is 33.5 Å². The third-order valence-electron chi connectivity index (χ3n) is 4.63. The number of hydrogen-bond acceptors (Lipinski definition) is 16. The van der Waals surface area contributed by atoms with Crippen molar-refractivity contribution in [2.24, 2.45) is 0 Å². The van der Waals surface area contributed by atoms with Gasteiger partial charge >= 0.3 is 29.6 Å². The summed E-state index contributed by atoms with van der Waals surface area (Å²) in [6.45, 7) is -3.17. The number of ether oxygens (including phenoxy) is 2. The highest BCUT2D eigenvalue weighted by molar-refractivity contribution is 4.96. The van der Waals surface area contributed by atoms with Gasteiger partial charge in [0.2, 0.25) is 0 Å². The summed E-state index contributed by atoms with van der Waals surface area (Å²) >= 11 is 0. The fourth-order valence-electron chi connectivity index (χ4n) is 2.76. The first-order chi connectivity index (χ1) is 16.2. The van der Waals surface area contributed by atoms with Crippen molar-refractivity contribution in [3.63, 3.8) is 0 Å². The molecule has 0 aliphatic rings. The fraction of sp³-hybridized carbons (Fsp3) is 1.00. The summed E-state index contributed by atoms with van der Waals surface area (Å²) in [5.41, 5.74) is -13.4. The third kappa shape index (κ3) is 6.59. The van der Waals surface area contributed by atoms with E-state index in [0.29, 0.717) is 0 Å². The van der Waals surface area contributed by atoms with Crippen molar-refractivity contribution in [1.82, 2.24) is 0 Å². The van der Waals surface area contributed by atoms with Crippen molar-refractivity contribution < 1.29 is 66.8 Å². The highest BCUT2D eigenvalue weighted by atomic mass is 19.4. The first-order valence-electron chi connectivity index (χ1n) is 8.65. The lowest BCUT2D eigenvalue weighted by molar-refractivity contribution is -0.870. The zero-order valence-electron chi connectivity index (χ0n) is 17.9. The van der Waals surface area contributed by atoms with Crippen LogP contribution in [0.3, 0.4) is 0 Å². The Hall–Kier alpha value is -4.04. The predicted octanol–water partition coefficient (Wildman–Crippen LogP) is -0.587. The average molecular weight is 562 g/mol. The smallest absolute Gasteiger partial charge is 0.319 e. The van der Waals surface area contributed by atoms with Crippen LogP contribution in [0.1, 0.15) is 26.7 Å². The van der Waals surface area contributed by atoms with Gasteiger partial charge in [-0.05, 0) is 0 Å². The van der Waals surface area contributed by atoms with Gasteiger partial charge in [0, 0.05) is 0 Å². The zero-order valence-corrected chi connectivity index (χ0v) is 17.9. The molecule has 0 heterocycles. The minimum atomic E-state index is -5.92. The topological polar surface area (TPSA) is 318 Å². The van der Waals surface area contributed by atoms with Crippen molar-refractivity contribution >= 4 is 0 Å². The largest absolute Gasteiger partial charge is 0.645 e. The molecule has 0 bridgehead atoms. The van der Waals surface area contributed by atoms with Crippen LogP contribution >= 0.6 is 0 Å². The average Bonchev–Trinajstić information content (AvgIpc) is 2.69. The molecule has 0 spiro atoms. The van der Waals surface area contributed by atoms with Gasteiger partial charge in [0.25, 0.3) is 5.60 Å². The van der Waals surface area contributed by atoms with E-state index in [1.807, 2.05) is 0 Å². The molecule has 37 heavy (non-hydrogen) atoms. The van der Waals surface area contributed by atoms with Gasteiger partial charge in [-0.2, -0.15) is 13.2 Å². The quantitative estimate of drug-likeness (QED) is 0.0828. The molecule has 26 heteroatoms. The van der Waals surface area contributed by atoms with E-state index in [9.17, 15) is 84.1 Å². The maximum Gasteiger partial charge on any atom is 0.645 e. The molecule has 0 saturated carbocycles. The van der Waals surface area contributed by atoms with Crippen molar-refractivity contribution in [2.45, 2.75) is 61.9 Å². The number of rotatable bonds is 15. The lowest BCUT2D eigenvalue weighted by Crippen LogP contribution is -2.71. The molecular weight excluding hydrogens is 548 g/mol. The minimum absolute atomic E-state index is 0.173. The zero-order chi connectivity index (χ0) is 30.0. The number of alkyl halides is 4. The molecule has 0 amide bonds. The van der Waals surface area contributed by atoms with E-state index in [4.69, 9.17) is 0 Å². The predicted molar refractivity (Wildman–Crippen MR) is 94.8 cm³/mol. The number of halogens is 4. The molecule has 22 nitrogen and oxygen atoms in total. The van der Waals surface area contributed by atoms with E-state index in [0.717, 1.165) is 0 Å².